The highest BCUT2D eigenvalue weighted by Gasteiger charge is 2.37. The summed E-state index contributed by atoms with van der Waals surface area (Å²) in [7, 11) is 1.74. The average Bonchev–Trinajstić information content (AvgIpc) is 2.24. The Kier molecular flexibility index (Phi) is 3.50. The summed E-state index contributed by atoms with van der Waals surface area (Å²) in [6.07, 6.45) is 3.32. The summed E-state index contributed by atoms with van der Waals surface area (Å²) in [6.45, 7) is 4.36. The van der Waals surface area contributed by atoms with Gasteiger partial charge in [-0.1, -0.05) is 29.8 Å². The summed E-state index contributed by atoms with van der Waals surface area (Å²) < 4.78 is 6.71. The molecule has 0 atom stereocenters. The summed E-state index contributed by atoms with van der Waals surface area (Å²) in [4.78, 5) is 0. The molecule has 0 radical (unpaired) electrons. The molecular formula is C14H20BrNO. The predicted molar refractivity (Wildman–Crippen MR) is 74.5 cm³/mol. The van der Waals surface area contributed by atoms with Gasteiger partial charge in [0.05, 0.1) is 7.11 Å². The largest absolute Gasteiger partial charge is 0.496 e. The second-order valence-electron chi connectivity index (χ2n) is 5.24. The third-order valence-electron chi connectivity index (χ3n) is 3.69. The van der Waals surface area contributed by atoms with E-state index in [1.54, 1.807) is 7.11 Å². The average molecular weight is 298 g/mol. The Bertz CT molecular complexity index is 424. The third kappa shape index (κ3) is 2.23. The Labute approximate surface area is 112 Å². The number of halogens is 1. The highest BCUT2D eigenvalue weighted by molar-refractivity contribution is 9.10. The van der Waals surface area contributed by atoms with Gasteiger partial charge < -0.3 is 10.5 Å². The molecule has 2 nitrogen and oxygen atoms in total. The molecular weight excluding hydrogens is 278 g/mol. The lowest BCUT2D eigenvalue weighted by atomic mass is 9.71. The minimum atomic E-state index is -0.182. The summed E-state index contributed by atoms with van der Waals surface area (Å²) in [5.74, 6) is 1.41. The molecule has 0 bridgehead atoms. The number of ether oxygens (including phenoxy) is 1. The first-order valence-electron chi connectivity index (χ1n) is 6.15. The number of nitrogens with two attached hydrogens (primary N) is 1. The van der Waals surface area contributed by atoms with Gasteiger partial charge in [0.2, 0.25) is 0 Å². The van der Waals surface area contributed by atoms with Crippen molar-refractivity contribution >= 4 is 15.9 Å². The van der Waals surface area contributed by atoms with Gasteiger partial charge in [0.15, 0.2) is 0 Å². The molecule has 1 aromatic rings. The van der Waals surface area contributed by atoms with Crippen molar-refractivity contribution in [1.82, 2.24) is 0 Å². The van der Waals surface area contributed by atoms with Crippen LogP contribution in [0.4, 0.5) is 0 Å². The van der Waals surface area contributed by atoms with Crippen molar-refractivity contribution < 1.29 is 4.74 Å². The van der Waals surface area contributed by atoms with Crippen LogP contribution in [0.1, 0.15) is 50.2 Å². The van der Waals surface area contributed by atoms with Crippen molar-refractivity contribution in [2.75, 3.05) is 7.11 Å². The molecule has 3 heteroatoms. The topological polar surface area (TPSA) is 35.2 Å². The molecule has 0 aromatic heterocycles. The first kappa shape index (κ1) is 12.9. The van der Waals surface area contributed by atoms with E-state index in [9.17, 15) is 0 Å². The molecule has 0 saturated heterocycles. The molecule has 0 aliphatic heterocycles. The Morgan fingerprint density at radius 3 is 2.41 bits per heavy atom. The Balaban J connectivity index is 2.57. The lowest BCUT2D eigenvalue weighted by Gasteiger charge is -2.40. The van der Waals surface area contributed by atoms with Gasteiger partial charge in [-0.05, 0) is 42.9 Å². The number of hydrogen-bond acceptors (Lipinski definition) is 2. The molecule has 0 unspecified atom stereocenters. The fourth-order valence-corrected chi connectivity index (χ4v) is 2.94. The quantitative estimate of drug-likeness (QED) is 0.918. The minimum absolute atomic E-state index is 0.182. The van der Waals surface area contributed by atoms with Crippen LogP contribution in [0.3, 0.4) is 0 Å². The highest BCUT2D eigenvalue weighted by atomic mass is 79.9. The van der Waals surface area contributed by atoms with Crippen molar-refractivity contribution in [3.05, 3.63) is 27.7 Å². The normalized spacial score (nSPS) is 18.0. The van der Waals surface area contributed by atoms with Crippen LogP contribution in [-0.2, 0) is 5.54 Å². The molecule has 0 amide bonds. The molecule has 17 heavy (non-hydrogen) atoms. The van der Waals surface area contributed by atoms with Gasteiger partial charge >= 0.3 is 0 Å². The van der Waals surface area contributed by atoms with Crippen molar-refractivity contribution in [3.8, 4) is 5.75 Å². The van der Waals surface area contributed by atoms with Crippen LogP contribution in [0.2, 0.25) is 0 Å². The second-order valence-corrected chi connectivity index (χ2v) is 6.16. The lowest BCUT2D eigenvalue weighted by Crippen LogP contribution is -2.43. The maximum Gasteiger partial charge on any atom is 0.127 e. The molecule has 94 valence electrons. The van der Waals surface area contributed by atoms with E-state index < -0.39 is 0 Å². The number of hydrogen-bond donors (Lipinski definition) is 1. The van der Waals surface area contributed by atoms with Gasteiger partial charge in [-0.2, -0.15) is 0 Å². The van der Waals surface area contributed by atoms with Crippen LogP contribution in [0, 0.1) is 0 Å². The van der Waals surface area contributed by atoms with Crippen LogP contribution in [-0.4, -0.2) is 7.11 Å². The van der Waals surface area contributed by atoms with E-state index in [-0.39, 0.29) is 5.54 Å². The number of methoxy groups -OCH3 is 1. The molecule has 2 N–H and O–H groups in total. The molecule has 0 heterocycles. The molecule has 2 rings (SSSR count). The highest BCUT2D eigenvalue weighted by Crippen LogP contribution is 2.46. The Morgan fingerprint density at radius 1 is 1.35 bits per heavy atom. The third-order valence-corrected chi connectivity index (χ3v) is 4.15. The van der Waals surface area contributed by atoms with Crippen LogP contribution in [0.5, 0.6) is 5.75 Å². The molecule has 0 spiro atoms. The molecule has 1 saturated carbocycles. The van der Waals surface area contributed by atoms with E-state index in [1.165, 1.54) is 12.0 Å². The van der Waals surface area contributed by atoms with E-state index in [2.05, 4.69) is 41.9 Å². The molecule has 1 aromatic carbocycles. The van der Waals surface area contributed by atoms with E-state index in [1.807, 2.05) is 0 Å². The van der Waals surface area contributed by atoms with Gasteiger partial charge in [0.25, 0.3) is 0 Å². The predicted octanol–water partition coefficient (Wildman–Crippen LogP) is 3.92. The van der Waals surface area contributed by atoms with Crippen LogP contribution in [0.25, 0.3) is 0 Å². The number of rotatable bonds is 3. The monoisotopic (exact) mass is 297 g/mol. The zero-order valence-electron chi connectivity index (χ0n) is 10.7. The molecule has 1 aliphatic carbocycles. The summed E-state index contributed by atoms with van der Waals surface area (Å²) in [6, 6.07) is 4.25. The van der Waals surface area contributed by atoms with Crippen molar-refractivity contribution in [2.24, 2.45) is 5.73 Å². The van der Waals surface area contributed by atoms with Crippen LogP contribution >= 0.6 is 15.9 Å². The van der Waals surface area contributed by atoms with E-state index in [0.29, 0.717) is 5.92 Å². The maximum absolute atomic E-state index is 6.44. The Hall–Kier alpha value is -0.540. The van der Waals surface area contributed by atoms with Crippen LogP contribution in [0.15, 0.2) is 16.6 Å². The Morgan fingerprint density at radius 2 is 2.00 bits per heavy atom. The summed E-state index contributed by atoms with van der Waals surface area (Å²) in [5.41, 5.74) is 8.64. The second kappa shape index (κ2) is 4.62. The fraction of sp³-hybridized carbons (Fsp3) is 0.571. The van der Waals surface area contributed by atoms with Gasteiger partial charge in [0, 0.05) is 15.6 Å². The fourth-order valence-electron chi connectivity index (χ4n) is 2.47. The van der Waals surface area contributed by atoms with Gasteiger partial charge in [0.1, 0.15) is 5.75 Å². The van der Waals surface area contributed by atoms with Gasteiger partial charge in [-0.3, -0.25) is 0 Å². The SMILES string of the molecule is COc1c(C(C)C)cc(Br)cc1C1(N)CCC1. The molecule has 1 aliphatic rings. The lowest BCUT2D eigenvalue weighted by molar-refractivity contribution is 0.243. The van der Waals surface area contributed by atoms with Gasteiger partial charge in [-0.15, -0.1) is 0 Å². The summed E-state index contributed by atoms with van der Waals surface area (Å²) >= 11 is 3.58. The standard InChI is InChI=1S/C14H20BrNO/c1-9(2)11-7-10(15)8-12(13(11)17-3)14(16)5-4-6-14/h7-9H,4-6,16H2,1-3H3. The van der Waals surface area contributed by atoms with Crippen LogP contribution < -0.4 is 10.5 Å². The minimum Gasteiger partial charge on any atom is -0.496 e. The maximum atomic E-state index is 6.44. The number of benzene rings is 1. The summed E-state index contributed by atoms with van der Waals surface area (Å²) in [5, 5.41) is 0. The van der Waals surface area contributed by atoms with Gasteiger partial charge in [-0.25, -0.2) is 0 Å². The van der Waals surface area contributed by atoms with E-state index in [0.717, 1.165) is 28.6 Å². The first-order chi connectivity index (χ1) is 7.98. The zero-order chi connectivity index (χ0) is 12.6. The van der Waals surface area contributed by atoms with E-state index >= 15 is 0 Å². The molecule has 1 fully saturated rings. The van der Waals surface area contributed by atoms with Crippen molar-refractivity contribution in [3.63, 3.8) is 0 Å². The van der Waals surface area contributed by atoms with Crippen molar-refractivity contribution in [1.29, 1.82) is 0 Å². The van der Waals surface area contributed by atoms with Crippen molar-refractivity contribution in [2.45, 2.75) is 44.6 Å². The first-order valence-corrected chi connectivity index (χ1v) is 6.94. The van der Waals surface area contributed by atoms with E-state index in [4.69, 9.17) is 10.5 Å². The zero-order valence-corrected chi connectivity index (χ0v) is 12.3. The smallest absolute Gasteiger partial charge is 0.127 e.